The molecule has 1 N–H and O–H groups in total. The first kappa shape index (κ1) is 11.9. The van der Waals surface area contributed by atoms with Gasteiger partial charge in [0.15, 0.2) is 9.84 Å². The molecule has 1 atom stereocenters. The average Bonchev–Trinajstić information content (AvgIpc) is 2.73. The van der Waals surface area contributed by atoms with Gasteiger partial charge in [0.1, 0.15) is 0 Å². The summed E-state index contributed by atoms with van der Waals surface area (Å²) in [6.45, 7) is 1.13. The van der Waals surface area contributed by atoms with Crippen LogP contribution in [0, 0.1) is 0 Å². The lowest BCUT2D eigenvalue weighted by Crippen LogP contribution is -2.37. The number of hydrogen-bond acceptors (Lipinski definition) is 6. The van der Waals surface area contributed by atoms with Crippen molar-refractivity contribution >= 4 is 21.4 Å². The van der Waals surface area contributed by atoms with Crippen molar-refractivity contribution in [2.24, 2.45) is 0 Å². The molecule has 1 unspecified atom stereocenters. The normalized spacial score (nSPS) is 24.4. The largest absolute Gasteiger partial charge is 0.310 e. The number of nitrogens with zero attached hydrogens (tertiary/aromatic N) is 2. The third kappa shape index (κ3) is 2.99. The summed E-state index contributed by atoms with van der Waals surface area (Å²) in [5, 5.41) is 8.68. The summed E-state index contributed by atoms with van der Waals surface area (Å²) in [4.78, 5) is 0. The van der Waals surface area contributed by atoms with Crippen LogP contribution in [0.5, 0.6) is 0 Å². The van der Waals surface area contributed by atoms with Crippen LogP contribution in [0.2, 0.25) is 0 Å². The van der Waals surface area contributed by atoms with Crippen molar-refractivity contribution in [2.45, 2.75) is 31.1 Å². The maximum Gasteiger partial charge on any atom is 0.154 e. The highest BCUT2D eigenvalue weighted by atomic mass is 32.2. The Morgan fingerprint density at radius 3 is 3.06 bits per heavy atom. The van der Waals surface area contributed by atoms with Crippen LogP contribution in [0.3, 0.4) is 0 Å². The van der Waals surface area contributed by atoms with Crippen molar-refractivity contribution in [1.82, 2.24) is 14.9 Å². The molecule has 0 saturated carbocycles. The van der Waals surface area contributed by atoms with Crippen LogP contribution in [0.4, 0.5) is 0 Å². The van der Waals surface area contributed by atoms with Crippen LogP contribution >= 0.6 is 11.5 Å². The Balaban J connectivity index is 1.81. The predicted octanol–water partition coefficient (Wildman–Crippen LogP) is 0.595. The van der Waals surface area contributed by atoms with E-state index in [9.17, 15) is 8.42 Å². The van der Waals surface area contributed by atoms with Crippen molar-refractivity contribution in [3.8, 4) is 0 Å². The molecule has 5 nitrogen and oxygen atoms in total. The average molecular weight is 261 g/mol. The lowest BCUT2D eigenvalue weighted by molar-refractivity contribution is 0.519. The molecule has 1 aromatic heterocycles. The molecular weight excluding hydrogens is 246 g/mol. The fourth-order valence-electron chi connectivity index (χ4n) is 1.87. The van der Waals surface area contributed by atoms with E-state index in [0.29, 0.717) is 18.8 Å². The van der Waals surface area contributed by atoms with Crippen molar-refractivity contribution in [2.75, 3.05) is 12.3 Å². The lowest BCUT2D eigenvalue weighted by Gasteiger charge is -2.22. The summed E-state index contributed by atoms with van der Waals surface area (Å²) in [7, 11) is -2.86. The zero-order valence-electron chi connectivity index (χ0n) is 8.92. The van der Waals surface area contributed by atoms with Crippen LogP contribution in [0.15, 0.2) is 5.38 Å². The molecule has 1 aliphatic heterocycles. The van der Waals surface area contributed by atoms with Gasteiger partial charge in [-0.15, -0.1) is 5.10 Å². The second-order valence-electron chi connectivity index (χ2n) is 4.01. The van der Waals surface area contributed by atoms with E-state index in [2.05, 4.69) is 14.9 Å². The van der Waals surface area contributed by atoms with E-state index in [1.54, 1.807) is 0 Å². The molecule has 7 heteroatoms. The number of sulfone groups is 1. The Kier molecular flexibility index (Phi) is 3.88. The van der Waals surface area contributed by atoms with Gasteiger partial charge in [-0.05, 0) is 24.4 Å². The highest BCUT2D eigenvalue weighted by Gasteiger charge is 2.28. The molecule has 1 aliphatic rings. The topological polar surface area (TPSA) is 72.0 Å². The van der Waals surface area contributed by atoms with Gasteiger partial charge in [0.25, 0.3) is 0 Å². The SMILES string of the molecule is O=S1(=O)CCCCC1CNCc1csnn1. The molecule has 1 saturated heterocycles. The molecule has 90 valence electrons. The molecule has 0 amide bonds. The Morgan fingerprint density at radius 2 is 2.38 bits per heavy atom. The minimum absolute atomic E-state index is 0.215. The lowest BCUT2D eigenvalue weighted by atomic mass is 10.2. The van der Waals surface area contributed by atoms with Gasteiger partial charge in [-0.2, -0.15) is 0 Å². The Bertz CT molecular complexity index is 416. The van der Waals surface area contributed by atoms with Crippen LogP contribution in [-0.4, -0.2) is 35.6 Å². The highest BCUT2D eigenvalue weighted by Crippen LogP contribution is 2.18. The molecule has 0 bridgehead atoms. The van der Waals surface area contributed by atoms with Crippen LogP contribution in [-0.2, 0) is 16.4 Å². The van der Waals surface area contributed by atoms with Crippen molar-refractivity contribution in [1.29, 1.82) is 0 Å². The summed E-state index contributed by atoms with van der Waals surface area (Å²) < 4.78 is 27.2. The smallest absolute Gasteiger partial charge is 0.154 e. The van der Waals surface area contributed by atoms with Gasteiger partial charge < -0.3 is 5.32 Å². The monoisotopic (exact) mass is 261 g/mol. The molecule has 1 fully saturated rings. The first-order valence-corrected chi connectivity index (χ1v) is 7.92. The molecule has 2 heterocycles. The number of rotatable bonds is 4. The predicted molar refractivity (Wildman–Crippen MR) is 63.0 cm³/mol. The number of aromatic nitrogens is 2. The minimum Gasteiger partial charge on any atom is -0.310 e. The summed E-state index contributed by atoms with van der Waals surface area (Å²) in [6.07, 6.45) is 2.61. The van der Waals surface area contributed by atoms with Gasteiger partial charge in [-0.25, -0.2) is 8.42 Å². The third-order valence-electron chi connectivity index (χ3n) is 2.80. The molecule has 2 rings (SSSR count). The van der Waals surface area contributed by atoms with Gasteiger partial charge in [-0.1, -0.05) is 10.9 Å². The van der Waals surface area contributed by atoms with Crippen molar-refractivity contribution < 1.29 is 8.42 Å². The zero-order chi connectivity index (χ0) is 11.4. The molecule has 0 radical (unpaired) electrons. The van der Waals surface area contributed by atoms with E-state index in [1.165, 1.54) is 11.5 Å². The van der Waals surface area contributed by atoms with Crippen LogP contribution < -0.4 is 5.32 Å². The summed E-state index contributed by atoms with van der Waals surface area (Å²) in [6, 6.07) is 0. The molecular formula is C9H15N3O2S2. The summed E-state index contributed by atoms with van der Waals surface area (Å²) in [5.74, 6) is 0.345. The molecule has 1 aromatic rings. The molecule has 0 aromatic carbocycles. The van der Waals surface area contributed by atoms with Gasteiger partial charge in [-0.3, -0.25) is 0 Å². The minimum atomic E-state index is -2.86. The van der Waals surface area contributed by atoms with Crippen LogP contribution in [0.1, 0.15) is 25.0 Å². The number of nitrogens with one attached hydrogen (secondary N) is 1. The van der Waals surface area contributed by atoms with Gasteiger partial charge in [0, 0.05) is 18.5 Å². The highest BCUT2D eigenvalue weighted by molar-refractivity contribution is 7.92. The summed E-state index contributed by atoms with van der Waals surface area (Å²) in [5.41, 5.74) is 0.873. The van der Waals surface area contributed by atoms with E-state index in [0.717, 1.165) is 25.0 Å². The second kappa shape index (κ2) is 5.20. The van der Waals surface area contributed by atoms with Gasteiger partial charge >= 0.3 is 0 Å². The first-order chi connectivity index (χ1) is 7.68. The second-order valence-corrected chi connectivity index (χ2v) is 7.02. The van der Waals surface area contributed by atoms with Crippen molar-refractivity contribution in [3.63, 3.8) is 0 Å². The van der Waals surface area contributed by atoms with E-state index in [-0.39, 0.29) is 5.25 Å². The zero-order valence-corrected chi connectivity index (χ0v) is 10.6. The number of hydrogen-bond donors (Lipinski definition) is 1. The molecule has 0 aliphatic carbocycles. The third-order valence-corrected chi connectivity index (χ3v) is 5.63. The van der Waals surface area contributed by atoms with Crippen LogP contribution in [0.25, 0.3) is 0 Å². The van der Waals surface area contributed by atoms with Gasteiger partial charge in [0.2, 0.25) is 0 Å². The fourth-order valence-corrected chi connectivity index (χ4v) is 4.16. The molecule has 0 spiro atoms. The Morgan fingerprint density at radius 1 is 1.50 bits per heavy atom. The Labute approximate surface area is 99.3 Å². The standard InChI is InChI=1S/C9H15N3O2S2/c13-16(14)4-2-1-3-9(16)6-10-5-8-7-15-12-11-8/h7,9-10H,1-6H2. The van der Waals surface area contributed by atoms with E-state index in [4.69, 9.17) is 0 Å². The fraction of sp³-hybridized carbons (Fsp3) is 0.778. The Hall–Kier alpha value is -0.530. The maximum absolute atomic E-state index is 11.7. The molecule has 16 heavy (non-hydrogen) atoms. The van der Waals surface area contributed by atoms with Crippen molar-refractivity contribution in [3.05, 3.63) is 11.1 Å². The van der Waals surface area contributed by atoms with E-state index in [1.807, 2.05) is 5.38 Å². The summed E-state index contributed by atoms with van der Waals surface area (Å²) >= 11 is 1.31. The van der Waals surface area contributed by atoms with E-state index >= 15 is 0 Å². The first-order valence-electron chi connectivity index (χ1n) is 5.37. The maximum atomic E-state index is 11.7. The van der Waals surface area contributed by atoms with E-state index < -0.39 is 9.84 Å². The quantitative estimate of drug-likeness (QED) is 0.859. The van der Waals surface area contributed by atoms with Gasteiger partial charge in [0.05, 0.1) is 16.7 Å².